The van der Waals surface area contributed by atoms with Gasteiger partial charge >= 0.3 is 0 Å². The lowest BCUT2D eigenvalue weighted by Crippen LogP contribution is -2.37. The molecule has 0 radical (unpaired) electrons. The van der Waals surface area contributed by atoms with Crippen LogP contribution in [0.25, 0.3) is 10.9 Å². The van der Waals surface area contributed by atoms with Crippen molar-refractivity contribution in [2.24, 2.45) is 0 Å². The molecule has 96 valence electrons. The minimum absolute atomic E-state index is 0.834. The fraction of sp³-hybridized carbons (Fsp3) is 0.429. The highest BCUT2D eigenvalue weighted by molar-refractivity contribution is 7.97. The molecule has 1 aliphatic rings. The normalized spacial score (nSPS) is 16.4. The Morgan fingerprint density at radius 3 is 2.78 bits per heavy atom. The van der Waals surface area contributed by atoms with Crippen LogP contribution in [0.1, 0.15) is 0 Å². The molecule has 0 saturated carbocycles. The van der Waals surface area contributed by atoms with Crippen LogP contribution in [0.15, 0.2) is 30.3 Å². The fourth-order valence-electron chi connectivity index (χ4n) is 2.52. The van der Waals surface area contributed by atoms with E-state index in [1.165, 1.54) is 16.7 Å². The number of aromatic nitrogens is 1. The number of rotatable bonds is 3. The van der Waals surface area contributed by atoms with Gasteiger partial charge in [-0.2, -0.15) is 0 Å². The predicted octanol–water partition coefficient (Wildman–Crippen LogP) is 2.80. The van der Waals surface area contributed by atoms with Crippen molar-refractivity contribution in [3.05, 3.63) is 30.3 Å². The maximum absolute atomic E-state index is 5.44. The SMILES string of the molecule is CSCn1c(N2CCOCC2)cc2ccccc21. The van der Waals surface area contributed by atoms with Crippen LogP contribution in [0.5, 0.6) is 0 Å². The molecular weight excluding hydrogens is 244 g/mol. The maximum atomic E-state index is 5.44. The molecular formula is C14H18N2OS. The molecule has 0 aliphatic carbocycles. The van der Waals surface area contributed by atoms with Crippen molar-refractivity contribution in [1.29, 1.82) is 0 Å². The number of fused-ring (bicyclic) bond motifs is 1. The van der Waals surface area contributed by atoms with Crippen LogP contribution >= 0.6 is 11.8 Å². The van der Waals surface area contributed by atoms with E-state index in [1.807, 2.05) is 11.8 Å². The van der Waals surface area contributed by atoms with E-state index in [4.69, 9.17) is 4.74 Å². The summed E-state index contributed by atoms with van der Waals surface area (Å²) in [5, 5.41) is 1.33. The van der Waals surface area contributed by atoms with E-state index in [0.717, 1.165) is 32.2 Å². The Labute approximate surface area is 112 Å². The van der Waals surface area contributed by atoms with Gasteiger partial charge in [-0.05, 0) is 18.4 Å². The highest BCUT2D eigenvalue weighted by Gasteiger charge is 2.17. The fourth-order valence-corrected chi connectivity index (χ4v) is 3.04. The highest BCUT2D eigenvalue weighted by atomic mass is 32.2. The largest absolute Gasteiger partial charge is 0.378 e. The predicted molar refractivity (Wildman–Crippen MR) is 78.5 cm³/mol. The molecule has 18 heavy (non-hydrogen) atoms. The zero-order valence-corrected chi connectivity index (χ0v) is 11.4. The molecule has 2 heterocycles. The van der Waals surface area contributed by atoms with E-state index in [9.17, 15) is 0 Å². The Hall–Kier alpha value is -1.13. The van der Waals surface area contributed by atoms with Gasteiger partial charge in [0.25, 0.3) is 0 Å². The lowest BCUT2D eigenvalue weighted by atomic mass is 10.2. The van der Waals surface area contributed by atoms with Gasteiger partial charge in [-0.15, -0.1) is 11.8 Å². The number of hydrogen-bond donors (Lipinski definition) is 0. The van der Waals surface area contributed by atoms with Gasteiger partial charge in [-0.25, -0.2) is 0 Å². The molecule has 0 spiro atoms. The highest BCUT2D eigenvalue weighted by Crippen LogP contribution is 2.28. The van der Waals surface area contributed by atoms with Gasteiger partial charge in [0.1, 0.15) is 5.82 Å². The van der Waals surface area contributed by atoms with Gasteiger partial charge in [0.15, 0.2) is 0 Å². The summed E-state index contributed by atoms with van der Waals surface area (Å²) >= 11 is 1.86. The molecule has 0 amide bonds. The first-order chi connectivity index (χ1) is 8.90. The van der Waals surface area contributed by atoms with Crippen LogP contribution in [-0.2, 0) is 10.6 Å². The van der Waals surface area contributed by atoms with Crippen LogP contribution in [0.3, 0.4) is 0 Å². The molecule has 0 N–H and O–H groups in total. The van der Waals surface area contributed by atoms with Gasteiger partial charge in [-0.3, -0.25) is 0 Å². The summed E-state index contributed by atoms with van der Waals surface area (Å²) in [5.41, 5.74) is 1.33. The second kappa shape index (κ2) is 5.24. The lowest BCUT2D eigenvalue weighted by molar-refractivity contribution is 0.122. The number of ether oxygens (including phenoxy) is 1. The van der Waals surface area contributed by atoms with Crippen molar-refractivity contribution in [3.63, 3.8) is 0 Å². The van der Waals surface area contributed by atoms with E-state index in [1.54, 1.807) is 0 Å². The first-order valence-corrected chi connectivity index (χ1v) is 7.69. The van der Waals surface area contributed by atoms with E-state index in [-0.39, 0.29) is 0 Å². The summed E-state index contributed by atoms with van der Waals surface area (Å²) in [4.78, 5) is 2.43. The number of anilines is 1. The van der Waals surface area contributed by atoms with Gasteiger partial charge < -0.3 is 14.2 Å². The van der Waals surface area contributed by atoms with E-state index in [0.29, 0.717) is 0 Å². The molecule has 1 aromatic carbocycles. The minimum atomic E-state index is 0.834. The standard InChI is InChI=1S/C14H18N2OS/c1-18-11-16-13-5-3-2-4-12(13)10-14(16)15-6-8-17-9-7-15/h2-5,10H,6-9,11H2,1H3. The Kier molecular flexibility index (Phi) is 3.48. The van der Waals surface area contributed by atoms with Crippen molar-refractivity contribution in [3.8, 4) is 0 Å². The first-order valence-electron chi connectivity index (χ1n) is 6.30. The van der Waals surface area contributed by atoms with E-state index >= 15 is 0 Å². The van der Waals surface area contributed by atoms with Crippen LogP contribution < -0.4 is 4.90 Å². The topological polar surface area (TPSA) is 17.4 Å². The second-order valence-electron chi connectivity index (χ2n) is 4.51. The monoisotopic (exact) mass is 262 g/mol. The van der Waals surface area contributed by atoms with Gasteiger partial charge in [0.05, 0.1) is 24.6 Å². The van der Waals surface area contributed by atoms with Gasteiger partial charge in [0, 0.05) is 18.5 Å². The number of hydrogen-bond acceptors (Lipinski definition) is 3. The molecule has 0 bridgehead atoms. The number of para-hydroxylation sites is 1. The third-order valence-electron chi connectivity index (χ3n) is 3.38. The van der Waals surface area contributed by atoms with Crippen molar-refractivity contribution in [1.82, 2.24) is 4.57 Å². The number of nitrogens with zero attached hydrogens (tertiary/aromatic N) is 2. The zero-order chi connectivity index (χ0) is 12.4. The molecule has 1 saturated heterocycles. The quantitative estimate of drug-likeness (QED) is 0.847. The van der Waals surface area contributed by atoms with Gasteiger partial charge in [0.2, 0.25) is 0 Å². The third kappa shape index (κ3) is 2.10. The molecule has 3 nitrogen and oxygen atoms in total. The summed E-state index contributed by atoms with van der Waals surface area (Å²) in [5.74, 6) is 2.33. The van der Waals surface area contributed by atoms with Crippen LogP contribution in [0.2, 0.25) is 0 Å². The lowest BCUT2D eigenvalue weighted by Gasteiger charge is -2.29. The maximum Gasteiger partial charge on any atom is 0.110 e. The van der Waals surface area contributed by atoms with Gasteiger partial charge in [-0.1, -0.05) is 18.2 Å². The summed E-state index contributed by atoms with van der Waals surface area (Å²) < 4.78 is 7.85. The summed E-state index contributed by atoms with van der Waals surface area (Å²) in [6.45, 7) is 3.65. The Morgan fingerprint density at radius 1 is 1.22 bits per heavy atom. The summed E-state index contributed by atoms with van der Waals surface area (Å²) in [7, 11) is 0. The van der Waals surface area contributed by atoms with Crippen molar-refractivity contribution < 1.29 is 4.74 Å². The molecule has 3 rings (SSSR count). The smallest absolute Gasteiger partial charge is 0.110 e. The van der Waals surface area contributed by atoms with Crippen LogP contribution in [0.4, 0.5) is 5.82 Å². The first kappa shape index (κ1) is 11.9. The third-order valence-corrected chi connectivity index (χ3v) is 3.90. The molecule has 4 heteroatoms. The second-order valence-corrected chi connectivity index (χ2v) is 5.34. The minimum Gasteiger partial charge on any atom is -0.378 e. The van der Waals surface area contributed by atoms with Crippen molar-refractivity contribution >= 4 is 28.5 Å². The molecule has 1 fully saturated rings. The molecule has 1 aliphatic heterocycles. The van der Waals surface area contributed by atoms with E-state index in [2.05, 4.69) is 46.1 Å². The average molecular weight is 262 g/mol. The van der Waals surface area contributed by atoms with Crippen molar-refractivity contribution in [2.75, 3.05) is 37.5 Å². The van der Waals surface area contributed by atoms with Crippen LogP contribution in [0, 0.1) is 0 Å². The molecule has 1 aromatic heterocycles. The summed E-state index contributed by atoms with van der Waals surface area (Å²) in [6.07, 6.45) is 2.15. The Morgan fingerprint density at radius 2 is 2.00 bits per heavy atom. The molecule has 0 unspecified atom stereocenters. The van der Waals surface area contributed by atoms with Crippen LogP contribution in [-0.4, -0.2) is 37.1 Å². The number of benzene rings is 1. The molecule has 2 aromatic rings. The Balaban J connectivity index is 2.05. The van der Waals surface area contributed by atoms with Crippen molar-refractivity contribution in [2.45, 2.75) is 5.88 Å². The number of thioether (sulfide) groups is 1. The molecule has 0 atom stereocenters. The average Bonchev–Trinajstić information content (AvgIpc) is 2.80. The summed E-state index contributed by atoms with van der Waals surface area (Å²) in [6, 6.07) is 10.9. The zero-order valence-electron chi connectivity index (χ0n) is 10.6. The van der Waals surface area contributed by atoms with E-state index < -0.39 is 0 Å². The Bertz CT molecular complexity index is 532. The number of morpholine rings is 1.